The van der Waals surface area contributed by atoms with Crippen molar-refractivity contribution < 1.29 is 42.3 Å². The maximum absolute atomic E-state index is 14.7. The topological polar surface area (TPSA) is 160 Å². The molecule has 0 atom stereocenters. The van der Waals surface area contributed by atoms with E-state index in [2.05, 4.69) is 10.3 Å². The molecular weight excluding hydrogens is 676 g/mol. The Morgan fingerprint density at radius 2 is 1.74 bits per heavy atom. The van der Waals surface area contributed by atoms with Crippen LogP contribution in [0.2, 0.25) is 5.02 Å². The summed E-state index contributed by atoms with van der Waals surface area (Å²) in [5, 5.41) is 12.2. The Bertz CT molecular complexity index is 1770. The zero-order valence-corrected chi connectivity index (χ0v) is 28.7. The molecule has 0 radical (unpaired) electrons. The number of quaternary nitrogens is 1. The number of imidazole rings is 1. The summed E-state index contributed by atoms with van der Waals surface area (Å²) in [5.41, 5.74) is 6.27. The number of anilines is 1. The summed E-state index contributed by atoms with van der Waals surface area (Å²) in [5.74, 6) is -4.56. The van der Waals surface area contributed by atoms with Crippen molar-refractivity contribution in [1.82, 2.24) is 19.4 Å². The third kappa shape index (κ3) is 7.74. The van der Waals surface area contributed by atoms with Crippen LogP contribution in [0.1, 0.15) is 40.2 Å². The molecule has 16 heteroatoms. The lowest BCUT2D eigenvalue weighted by Crippen LogP contribution is -2.58. The fourth-order valence-electron chi connectivity index (χ4n) is 6.81. The van der Waals surface area contributed by atoms with E-state index in [4.69, 9.17) is 22.1 Å². The third-order valence-corrected chi connectivity index (χ3v) is 9.94. The number of rotatable bonds is 11. The van der Waals surface area contributed by atoms with Crippen LogP contribution >= 0.6 is 11.6 Å². The summed E-state index contributed by atoms with van der Waals surface area (Å²) in [6.45, 7) is 3.81. The number of hydrogen-bond acceptors (Lipinski definition) is 7. The van der Waals surface area contributed by atoms with Crippen LogP contribution in [0.15, 0.2) is 36.5 Å². The molecule has 0 unspecified atom stereocenters. The number of benzene rings is 2. The van der Waals surface area contributed by atoms with E-state index in [0.717, 1.165) is 6.42 Å². The fourth-order valence-corrected chi connectivity index (χ4v) is 7.07. The van der Waals surface area contributed by atoms with Crippen molar-refractivity contribution in [3.05, 3.63) is 64.6 Å². The van der Waals surface area contributed by atoms with Gasteiger partial charge in [-0.3, -0.25) is 14.4 Å². The van der Waals surface area contributed by atoms with E-state index in [-0.39, 0.29) is 57.7 Å². The molecule has 3 heterocycles. The average Bonchev–Trinajstić information content (AvgIpc) is 3.49. The van der Waals surface area contributed by atoms with Gasteiger partial charge in [-0.15, -0.1) is 0 Å². The number of carbonyl (C=O) groups excluding carboxylic acids is 3. The first-order chi connectivity index (χ1) is 23.9. The Balaban J connectivity index is 1.16. The number of ether oxygens (including phenoxy) is 1. The Labute approximate surface area is 293 Å². The molecule has 0 spiro atoms. The van der Waals surface area contributed by atoms with Gasteiger partial charge in [-0.05, 0) is 36.9 Å². The second-order valence-electron chi connectivity index (χ2n) is 12.7. The van der Waals surface area contributed by atoms with Crippen molar-refractivity contribution in [3.8, 4) is 17.0 Å². The second kappa shape index (κ2) is 15.5. The molecular formula is C34H41ClF2N7O6+. The van der Waals surface area contributed by atoms with Crippen molar-refractivity contribution in [2.75, 3.05) is 71.3 Å². The molecule has 268 valence electrons. The quantitative estimate of drug-likeness (QED) is 0.255. The zero-order valence-electron chi connectivity index (χ0n) is 28.0. The molecule has 2 fully saturated rings. The predicted molar refractivity (Wildman–Crippen MR) is 181 cm³/mol. The Morgan fingerprint density at radius 1 is 1.06 bits per heavy atom. The summed E-state index contributed by atoms with van der Waals surface area (Å²) in [4.78, 5) is 58.8. The highest BCUT2D eigenvalue weighted by molar-refractivity contribution is 6.34. The monoisotopic (exact) mass is 716 g/mol. The number of hydrogen-bond donors (Lipinski definition) is 3. The van der Waals surface area contributed by atoms with Gasteiger partial charge in [-0.2, -0.15) is 4.39 Å². The van der Waals surface area contributed by atoms with Crippen LogP contribution in [0, 0.1) is 17.6 Å². The minimum atomic E-state index is -1.16. The molecule has 0 aliphatic carbocycles. The number of piperazine rings is 1. The third-order valence-electron chi connectivity index (χ3n) is 9.63. The minimum absolute atomic E-state index is 0.0273. The molecule has 2 aromatic carbocycles. The normalized spacial score (nSPS) is 19.3. The van der Waals surface area contributed by atoms with Crippen molar-refractivity contribution >= 4 is 41.0 Å². The Morgan fingerprint density at radius 3 is 2.36 bits per heavy atom. The lowest BCUT2D eigenvalue weighted by Gasteiger charge is -2.44. The molecule has 4 N–H and O–H groups in total. The number of nitrogens with two attached hydrogens (primary N) is 1. The Kier molecular flexibility index (Phi) is 11.4. The highest BCUT2D eigenvalue weighted by Gasteiger charge is 2.39. The number of carboxylic acid groups (broad SMARTS) is 1. The van der Waals surface area contributed by atoms with Gasteiger partial charge in [0.25, 0.3) is 11.8 Å². The lowest BCUT2D eigenvalue weighted by atomic mass is 9.92. The van der Waals surface area contributed by atoms with Crippen molar-refractivity contribution in [2.24, 2.45) is 18.7 Å². The molecule has 0 bridgehead atoms. The number of aliphatic carboxylic acids is 1. The van der Waals surface area contributed by atoms with Gasteiger partial charge in [-0.1, -0.05) is 11.6 Å². The first-order valence-electron chi connectivity index (χ1n) is 16.4. The Hall–Kier alpha value is -4.60. The van der Waals surface area contributed by atoms with E-state index in [1.807, 2.05) is 0 Å². The molecule has 0 saturated carbocycles. The van der Waals surface area contributed by atoms with Gasteiger partial charge < -0.3 is 39.7 Å². The fraction of sp³-hybridized carbons (Fsp3) is 0.441. The molecule has 2 aliphatic heterocycles. The summed E-state index contributed by atoms with van der Waals surface area (Å²) < 4.78 is 35.6. The summed E-state index contributed by atoms with van der Waals surface area (Å²) in [7, 11) is 2.72. The molecule has 2 saturated heterocycles. The molecule has 50 heavy (non-hydrogen) atoms. The lowest BCUT2D eigenvalue weighted by molar-refractivity contribution is -0.926. The highest BCUT2D eigenvalue weighted by atomic mass is 35.5. The van der Waals surface area contributed by atoms with Gasteiger partial charge in [0.15, 0.2) is 23.9 Å². The maximum atomic E-state index is 14.7. The van der Waals surface area contributed by atoms with Crippen LogP contribution in [-0.4, -0.2) is 119 Å². The van der Waals surface area contributed by atoms with E-state index < -0.39 is 23.5 Å². The SMILES string of the molecule is COc1ccc(-c2cnc(C(=O)Nc3ccc(C(=O)N4CCN(C(=O)C5CC[N+](CCCN)(CC(=O)O)CC5)CC4)c(Cl)c3)n2C)c(F)c1F. The predicted octanol–water partition coefficient (Wildman–Crippen LogP) is 3.22. The number of amides is 3. The van der Waals surface area contributed by atoms with E-state index in [0.29, 0.717) is 75.4 Å². The number of likely N-dealkylation sites (tertiary alicyclic amines) is 1. The van der Waals surface area contributed by atoms with Gasteiger partial charge in [0.05, 0.1) is 49.2 Å². The van der Waals surface area contributed by atoms with Gasteiger partial charge in [0.2, 0.25) is 11.7 Å². The summed E-state index contributed by atoms with van der Waals surface area (Å²) in [6, 6.07) is 7.08. The van der Waals surface area contributed by atoms with Gasteiger partial charge in [-0.25, -0.2) is 14.2 Å². The van der Waals surface area contributed by atoms with E-state index >= 15 is 0 Å². The standard InChI is InChI=1S/C34H40ClF2N7O6/c1-41-26(24-6-7-27(50-2)30(37)29(24)36)19-39-31(41)32(47)40-22-4-5-23(25(35)18-22)34(49)43-13-11-42(12-14-43)33(48)21-8-16-44(17-9-21,15-3-10-38)20-28(45)46/h4-7,18-19,21H,3,8-17,20,38H2,1-2H3,(H-,40,45,46,47,49)/p+1. The molecule has 5 rings (SSSR count). The van der Waals surface area contributed by atoms with Crippen LogP contribution in [0.5, 0.6) is 5.75 Å². The number of piperidine rings is 1. The molecule has 13 nitrogen and oxygen atoms in total. The molecule has 3 aromatic rings. The van der Waals surface area contributed by atoms with Crippen LogP contribution < -0.4 is 15.8 Å². The zero-order chi connectivity index (χ0) is 36.2. The van der Waals surface area contributed by atoms with Crippen molar-refractivity contribution in [1.29, 1.82) is 0 Å². The van der Waals surface area contributed by atoms with Crippen LogP contribution in [0.3, 0.4) is 0 Å². The van der Waals surface area contributed by atoms with E-state index in [1.165, 1.54) is 55.3 Å². The number of aromatic nitrogens is 2. The van der Waals surface area contributed by atoms with Gasteiger partial charge >= 0.3 is 5.97 Å². The number of carboxylic acids is 1. The summed E-state index contributed by atoms with van der Waals surface area (Å²) in [6.07, 6.45) is 3.20. The second-order valence-corrected chi connectivity index (χ2v) is 13.1. The van der Waals surface area contributed by atoms with Crippen molar-refractivity contribution in [2.45, 2.75) is 19.3 Å². The van der Waals surface area contributed by atoms with Crippen LogP contribution in [0.4, 0.5) is 14.5 Å². The smallest absolute Gasteiger partial charge is 0.359 e. The number of methoxy groups -OCH3 is 1. The number of halogens is 3. The molecule has 3 amide bonds. The highest BCUT2D eigenvalue weighted by Crippen LogP contribution is 2.31. The minimum Gasteiger partial charge on any atom is -0.494 e. The molecule has 2 aliphatic rings. The number of nitrogens with one attached hydrogen (secondary N) is 1. The van der Waals surface area contributed by atoms with E-state index in [1.54, 1.807) is 9.80 Å². The largest absolute Gasteiger partial charge is 0.494 e. The van der Waals surface area contributed by atoms with Gasteiger partial charge in [0, 0.05) is 69.7 Å². The number of carbonyl (C=O) groups is 4. The van der Waals surface area contributed by atoms with Crippen molar-refractivity contribution in [3.63, 3.8) is 0 Å². The van der Waals surface area contributed by atoms with Crippen LogP contribution in [0.25, 0.3) is 11.3 Å². The van der Waals surface area contributed by atoms with Crippen LogP contribution in [-0.2, 0) is 16.6 Å². The first-order valence-corrected chi connectivity index (χ1v) is 16.8. The first kappa shape index (κ1) is 36.7. The maximum Gasteiger partial charge on any atom is 0.359 e. The van der Waals surface area contributed by atoms with E-state index in [9.17, 15) is 33.1 Å². The number of nitrogens with zero attached hydrogens (tertiary/aromatic N) is 5. The molecule has 1 aromatic heterocycles. The summed E-state index contributed by atoms with van der Waals surface area (Å²) >= 11 is 6.50. The average molecular weight is 717 g/mol. The van der Waals surface area contributed by atoms with Gasteiger partial charge in [0.1, 0.15) is 0 Å².